The summed E-state index contributed by atoms with van der Waals surface area (Å²) in [5.74, 6) is 0.284. The molecule has 2 aliphatic heterocycles. The van der Waals surface area contributed by atoms with Gasteiger partial charge < -0.3 is 18.7 Å². The Morgan fingerprint density at radius 3 is 2.23 bits per heavy atom. The van der Waals surface area contributed by atoms with E-state index in [9.17, 15) is 4.79 Å². The van der Waals surface area contributed by atoms with E-state index in [1.807, 2.05) is 0 Å². The smallest absolute Gasteiger partial charge is 0.192 e. The van der Waals surface area contributed by atoms with Crippen LogP contribution in [-0.2, 0) is 22.0 Å². The second-order valence-electron chi connectivity index (χ2n) is 12.9. The van der Waals surface area contributed by atoms with Gasteiger partial charge in [0.15, 0.2) is 22.4 Å². The Labute approximate surface area is 190 Å². The predicted molar refractivity (Wildman–Crippen MR) is 131 cm³/mol. The van der Waals surface area contributed by atoms with Crippen molar-refractivity contribution < 1.29 is 13.6 Å². The second-order valence-corrected chi connectivity index (χ2v) is 22.4. The molecule has 1 saturated heterocycles. The van der Waals surface area contributed by atoms with Crippen LogP contribution in [0.4, 0.5) is 0 Å². The van der Waals surface area contributed by atoms with Crippen LogP contribution in [0.2, 0.25) is 36.3 Å². The highest BCUT2D eigenvalue weighted by Gasteiger charge is 2.52. The van der Waals surface area contributed by atoms with Crippen molar-refractivity contribution in [3.05, 3.63) is 22.5 Å². The minimum absolute atomic E-state index is 0.00177. The highest BCUT2D eigenvalue weighted by Crippen LogP contribution is 2.51. The Kier molecular flexibility index (Phi) is 5.39. The van der Waals surface area contributed by atoms with Crippen molar-refractivity contribution in [2.24, 2.45) is 0 Å². The summed E-state index contributed by atoms with van der Waals surface area (Å²) in [6, 6.07) is 0.867. The summed E-state index contributed by atoms with van der Waals surface area (Å²) in [6.07, 6.45) is 1.37. The van der Waals surface area contributed by atoms with Crippen molar-refractivity contribution >= 4 is 22.4 Å². The fourth-order valence-electron chi connectivity index (χ4n) is 4.50. The third-order valence-electron chi connectivity index (χ3n) is 8.66. The average Bonchev–Trinajstić information content (AvgIpc) is 3.13. The molecule has 0 spiro atoms. The number of carbonyl (C=O) groups is 1. The molecule has 3 heterocycles. The van der Waals surface area contributed by atoms with E-state index in [1.54, 1.807) is 0 Å². The molecule has 4 rings (SSSR count). The molecule has 3 atom stereocenters. The monoisotopic (exact) mass is 462 g/mol. The van der Waals surface area contributed by atoms with Crippen LogP contribution in [0.15, 0.2) is 0 Å². The van der Waals surface area contributed by atoms with Gasteiger partial charge in [0.2, 0.25) is 0 Å². The van der Waals surface area contributed by atoms with Crippen LogP contribution in [0.25, 0.3) is 0 Å². The molecule has 1 fully saturated rings. The first-order valence-corrected chi connectivity index (χ1v) is 17.7. The third-order valence-corrected chi connectivity index (χ3v) is 17.6. The van der Waals surface area contributed by atoms with E-state index < -0.39 is 16.6 Å². The van der Waals surface area contributed by atoms with Crippen LogP contribution in [0, 0.1) is 0 Å². The van der Waals surface area contributed by atoms with Gasteiger partial charge in [-0.25, -0.2) is 0 Å². The van der Waals surface area contributed by atoms with E-state index in [0.717, 1.165) is 24.2 Å². The number of ketones is 1. The minimum atomic E-state index is -1.97. The number of aromatic nitrogens is 1. The van der Waals surface area contributed by atoms with Gasteiger partial charge in [-0.2, -0.15) is 0 Å². The van der Waals surface area contributed by atoms with Gasteiger partial charge in [0, 0.05) is 35.8 Å². The Balaban J connectivity index is 1.75. The Hall–Kier alpha value is -0.736. The van der Waals surface area contributed by atoms with E-state index in [4.69, 9.17) is 8.85 Å². The van der Waals surface area contributed by atoms with Crippen molar-refractivity contribution in [1.29, 1.82) is 0 Å². The SMILES string of the molecule is CC(C)(C)[Si](C)(C)OCc1c2c(n3c1[C@H]1N[C@H]1C3)C(=O)CCC2O[Si](C)(C)C(C)(C)C. The summed E-state index contributed by atoms with van der Waals surface area (Å²) in [4.78, 5) is 13.1. The van der Waals surface area contributed by atoms with E-state index in [0.29, 0.717) is 25.1 Å². The number of nitrogens with zero attached hydrogens (tertiary/aromatic N) is 1. The van der Waals surface area contributed by atoms with Gasteiger partial charge in [-0.15, -0.1) is 0 Å². The number of hydrogen-bond acceptors (Lipinski definition) is 4. The predicted octanol–water partition coefficient (Wildman–Crippen LogP) is 6.08. The van der Waals surface area contributed by atoms with Gasteiger partial charge in [0.05, 0.1) is 24.4 Å². The van der Waals surface area contributed by atoms with Crippen molar-refractivity contribution in [2.75, 3.05) is 0 Å². The lowest BCUT2D eigenvalue weighted by Gasteiger charge is -2.41. The molecule has 31 heavy (non-hydrogen) atoms. The average molecular weight is 463 g/mol. The third kappa shape index (κ3) is 3.84. The molecule has 1 aromatic rings. The Bertz CT molecular complexity index is 905. The molecule has 1 unspecified atom stereocenters. The maximum absolute atomic E-state index is 13.1. The number of Topliss-reactive ketones (excluding diaryl/α,β-unsaturated/α-hetero) is 1. The molecule has 0 radical (unpaired) electrons. The van der Waals surface area contributed by atoms with Gasteiger partial charge in [0.25, 0.3) is 0 Å². The lowest BCUT2D eigenvalue weighted by molar-refractivity contribution is 0.0894. The molecule has 0 amide bonds. The lowest BCUT2D eigenvalue weighted by atomic mass is 9.90. The van der Waals surface area contributed by atoms with Gasteiger partial charge in [0.1, 0.15) is 0 Å². The maximum Gasteiger partial charge on any atom is 0.192 e. The van der Waals surface area contributed by atoms with Crippen molar-refractivity contribution in [3.63, 3.8) is 0 Å². The number of rotatable bonds is 5. The highest BCUT2D eigenvalue weighted by atomic mass is 28.4. The van der Waals surface area contributed by atoms with Crippen LogP contribution in [-0.4, -0.2) is 33.0 Å². The minimum Gasteiger partial charge on any atom is -0.412 e. The Morgan fingerprint density at radius 2 is 1.65 bits per heavy atom. The normalized spacial score (nSPS) is 26.0. The molecule has 0 bridgehead atoms. The summed E-state index contributed by atoms with van der Waals surface area (Å²) < 4.78 is 16.0. The molecule has 7 heteroatoms. The van der Waals surface area contributed by atoms with Crippen LogP contribution >= 0.6 is 0 Å². The zero-order chi connectivity index (χ0) is 23.1. The first kappa shape index (κ1) is 23.4. The van der Waals surface area contributed by atoms with Crippen LogP contribution in [0.1, 0.15) is 93.8 Å². The largest absolute Gasteiger partial charge is 0.412 e. The number of nitrogens with one attached hydrogen (secondary N) is 1. The summed E-state index contributed by atoms with van der Waals surface area (Å²) >= 11 is 0. The molecule has 0 saturated carbocycles. The van der Waals surface area contributed by atoms with E-state index >= 15 is 0 Å². The van der Waals surface area contributed by atoms with Crippen molar-refractivity contribution in [2.45, 2.75) is 122 Å². The van der Waals surface area contributed by atoms with E-state index in [-0.39, 0.29) is 22.0 Å². The second kappa shape index (κ2) is 7.13. The molecule has 1 N–H and O–H groups in total. The Morgan fingerprint density at radius 1 is 1.03 bits per heavy atom. The molecule has 3 aliphatic rings. The molecule has 1 aliphatic carbocycles. The maximum atomic E-state index is 13.1. The standard InChI is InChI=1S/C24H42N2O3Si2/c1-23(2,3)30(7,8)28-14-15-19-18(29-31(9,10)24(4,5)6)12-11-17(27)22(19)26-13-16-20(25-16)21(15)26/h16,18,20,25H,11-14H2,1-10H3/t16-,18?,20-/m0/s1. The van der Waals surface area contributed by atoms with E-state index in [2.05, 4.69) is 77.6 Å². The number of hydrogen-bond donors (Lipinski definition) is 1. The van der Waals surface area contributed by atoms with Crippen molar-refractivity contribution in [1.82, 2.24) is 9.88 Å². The molecule has 5 nitrogen and oxygen atoms in total. The molecular weight excluding hydrogens is 420 g/mol. The zero-order valence-electron chi connectivity index (χ0n) is 21.2. The fraction of sp³-hybridized carbons (Fsp3) is 0.792. The van der Waals surface area contributed by atoms with E-state index in [1.165, 1.54) is 11.3 Å². The summed E-state index contributed by atoms with van der Waals surface area (Å²) in [6.45, 7) is 24.5. The summed E-state index contributed by atoms with van der Waals surface area (Å²) in [5, 5.41) is 3.89. The summed E-state index contributed by atoms with van der Waals surface area (Å²) in [7, 11) is -3.88. The van der Waals surface area contributed by atoms with Crippen LogP contribution in [0.3, 0.4) is 0 Å². The highest BCUT2D eigenvalue weighted by molar-refractivity contribution is 6.74. The van der Waals surface area contributed by atoms with Gasteiger partial charge >= 0.3 is 0 Å². The quantitative estimate of drug-likeness (QED) is 0.426. The zero-order valence-corrected chi connectivity index (χ0v) is 23.2. The number of carbonyl (C=O) groups excluding carboxylic acids is 1. The van der Waals surface area contributed by atoms with Gasteiger partial charge in [-0.1, -0.05) is 41.5 Å². The van der Waals surface area contributed by atoms with Gasteiger partial charge in [-0.05, 0) is 42.7 Å². The van der Waals surface area contributed by atoms with Crippen LogP contribution < -0.4 is 5.32 Å². The molecular formula is C24H42N2O3Si2. The fourth-order valence-corrected chi connectivity index (χ4v) is 6.74. The first-order chi connectivity index (χ1) is 14.1. The van der Waals surface area contributed by atoms with Crippen molar-refractivity contribution in [3.8, 4) is 0 Å². The summed E-state index contributed by atoms with van der Waals surface area (Å²) in [5.41, 5.74) is 4.62. The lowest BCUT2D eigenvalue weighted by Crippen LogP contribution is -2.43. The van der Waals surface area contributed by atoms with Crippen LogP contribution in [0.5, 0.6) is 0 Å². The topological polar surface area (TPSA) is 62.4 Å². The number of fused-ring (bicyclic) bond motifs is 5. The molecule has 0 aromatic carbocycles. The molecule has 174 valence electrons. The first-order valence-electron chi connectivity index (χ1n) is 11.9. The van der Waals surface area contributed by atoms with Gasteiger partial charge in [-0.3, -0.25) is 4.79 Å². The molecule has 1 aromatic heterocycles.